The van der Waals surface area contributed by atoms with Crippen LogP contribution in [0.5, 0.6) is 0 Å². The molecule has 1 rings (SSSR count). The highest BCUT2D eigenvalue weighted by atomic mass is 19.4. The van der Waals surface area contributed by atoms with Gasteiger partial charge in [0, 0.05) is 6.54 Å². The zero-order valence-electron chi connectivity index (χ0n) is 11.9. The molecule has 0 fully saturated rings. The van der Waals surface area contributed by atoms with Crippen LogP contribution in [0, 0.1) is 5.92 Å². The molecule has 0 saturated carbocycles. The molecule has 0 aliphatic rings. The van der Waals surface area contributed by atoms with Gasteiger partial charge < -0.3 is 10.4 Å². The van der Waals surface area contributed by atoms with Crippen LogP contribution in [-0.4, -0.2) is 18.2 Å². The van der Waals surface area contributed by atoms with E-state index in [2.05, 4.69) is 19.2 Å². The lowest BCUT2D eigenvalue weighted by Crippen LogP contribution is -2.27. The van der Waals surface area contributed by atoms with E-state index in [0.717, 1.165) is 31.5 Å². The molecule has 0 bridgehead atoms. The zero-order valence-corrected chi connectivity index (χ0v) is 11.9. The molecule has 0 amide bonds. The van der Waals surface area contributed by atoms with Crippen LogP contribution in [0.1, 0.15) is 43.9 Å². The van der Waals surface area contributed by atoms with E-state index in [-0.39, 0.29) is 12.1 Å². The van der Waals surface area contributed by atoms with Crippen molar-refractivity contribution in [2.45, 2.75) is 39.0 Å². The monoisotopic (exact) mass is 289 g/mol. The number of aliphatic hydroxyl groups excluding tert-OH is 1. The maximum atomic E-state index is 12.6. The summed E-state index contributed by atoms with van der Waals surface area (Å²) in [5, 5.41) is 13.1. The van der Waals surface area contributed by atoms with Crippen molar-refractivity contribution in [1.29, 1.82) is 0 Å². The second-order valence-corrected chi connectivity index (χ2v) is 4.98. The lowest BCUT2D eigenvalue weighted by molar-refractivity contribution is -0.137. The number of alkyl halides is 3. The van der Waals surface area contributed by atoms with E-state index in [4.69, 9.17) is 0 Å². The summed E-state index contributed by atoms with van der Waals surface area (Å²) in [4.78, 5) is 0. The first kappa shape index (κ1) is 17.0. The van der Waals surface area contributed by atoms with Crippen LogP contribution in [0.2, 0.25) is 0 Å². The quantitative estimate of drug-likeness (QED) is 0.801. The molecule has 5 heteroatoms. The van der Waals surface area contributed by atoms with Crippen LogP contribution in [0.3, 0.4) is 0 Å². The summed E-state index contributed by atoms with van der Waals surface area (Å²) >= 11 is 0. The molecular formula is C15H22F3NO. The predicted molar refractivity (Wildman–Crippen MR) is 73.3 cm³/mol. The topological polar surface area (TPSA) is 32.3 Å². The summed E-state index contributed by atoms with van der Waals surface area (Å²) < 4.78 is 37.8. The average Bonchev–Trinajstić information content (AvgIpc) is 2.42. The van der Waals surface area contributed by atoms with Crippen molar-refractivity contribution in [2.75, 3.05) is 13.1 Å². The van der Waals surface area contributed by atoms with E-state index in [1.165, 1.54) is 12.1 Å². The van der Waals surface area contributed by atoms with Crippen LogP contribution in [-0.2, 0) is 6.18 Å². The van der Waals surface area contributed by atoms with Crippen LogP contribution in [0.15, 0.2) is 24.3 Å². The van der Waals surface area contributed by atoms with Gasteiger partial charge in [-0.1, -0.05) is 38.8 Å². The number of hydrogen-bond donors (Lipinski definition) is 2. The summed E-state index contributed by atoms with van der Waals surface area (Å²) in [6, 6.07) is 4.85. The van der Waals surface area contributed by atoms with Gasteiger partial charge in [-0.05, 0) is 30.2 Å². The molecule has 0 saturated heterocycles. The summed E-state index contributed by atoms with van der Waals surface area (Å²) in [5.41, 5.74) is -0.439. The molecular weight excluding hydrogens is 267 g/mol. The fraction of sp³-hybridized carbons (Fsp3) is 0.600. The molecule has 0 aliphatic carbocycles. The van der Waals surface area contributed by atoms with Crippen LogP contribution < -0.4 is 5.32 Å². The number of rotatable bonds is 7. The molecule has 0 radical (unpaired) electrons. The number of nitrogens with one attached hydrogen (secondary N) is 1. The third-order valence-electron chi connectivity index (χ3n) is 3.52. The van der Waals surface area contributed by atoms with E-state index in [1.807, 2.05) is 0 Å². The van der Waals surface area contributed by atoms with Crippen LogP contribution in [0.4, 0.5) is 13.2 Å². The van der Waals surface area contributed by atoms with Crippen molar-refractivity contribution < 1.29 is 18.3 Å². The standard InChI is InChI=1S/C15H22F3NO/c1-3-11(4-2)9-19-10-14(20)12-6-5-7-13(8-12)15(16,17)18/h5-8,11,14,19-20H,3-4,9-10H2,1-2H3. The molecule has 114 valence electrons. The van der Waals surface area contributed by atoms with Crippen molar-refractivity contribution in [2.24, 2.45) is 5.92 Å². The molecule has 1 unspecified atom stereocenters. The van der Waals surface area contributed by atoms with Gasteiger partial charge >= 0.3 is 6.18 Å². The van der Waals surface area contributed by atoms with Crippen molar-refractivity contribution in [3.8, 4) is 0 Å². The van der Waals surface area contributed by atoms with E-state index in [9.17, 15) is 18.3 Å². The first-order valence-corrected chi connectivity index (χ1v) is 6.94. The molecule has 1 aromatic rings. The highest BCUT2D eigenvalue weighted by molar-refractivity contribution is 5.27. The maximum absolute atomic E-state index is 12.6. The number of benzene rings is 1. The molecule has 20 heavy (non-hydrogen) atoms. The lowest BCUT2D eigenvalue weighted by atomic mass is 10.0. The Morgan fingerprint density at radius 3 is 2.35 bits per heavy atom. The minimum absolute atomic E-state index is 0.262. The minimum Gasteiger partial charge on any atom is -0.387 e. The van der Waals surface area contributed by atoms with Gasteiger partial charge in [-0.15, -0.1) is 0 Å². The van der Waals surface area contributed by atoms with Crippen LogP contribution in [0.25, 0.3) is 0 Å². The Morgan fingerprint density at radius 2 is 1.80 bits per heavy atom. The molecule has 0 aliphatic heterocycles. The molecule has 2 N–H and O–H groups in total. The van der Waals surface area contributed by atoms with Crippen molar-refractivity contribution >= 4 is 0 Å². The summed E-state index contributed by atoms with van der Waals surface area (Å²) in [7, 11) is 0. The predicted octanol–water partition coefficient (Wildman–Crippen LogP) is 3.76. The van der Waals surface area contributed by atoms with Crippen molar-refractivity contribution in [3.05, 3.63) is 35.4 Å². The average molecular weight is 289 g/mol. The minimum atomic E-state index is -4.38. The fourth-order valence-corrected chi connectivity index (χ4v) is 2.04. The molecule has 0 spiro atoms. The van der Waals surface area contributed by atoms with Crippen LogP contribution >= 0.6 is 0 Å². The normalized spacial score (nSPS) is 13.8. The second kappa shape index (κ2) is 7.64. The van der Waals surface area contributed by atoms with Gasteiger partial charge in [0.15, 0.2) is 0 Å². The van der Waals surface area contributed by atoms with E-state index >= 15 is 0 Å². The van der Waals surface area contributed by atoms with Gasteiger partial charge in [-0.2, -0.15) is 13.2 Å². The fourth-order valence-electron chi connectivity index (χ4n) is 2.04. The summed E-state index contributed by atoms with van der Waals surface area (Å²) in [6.07, 6.45) is -3.21. The largest absolute Gasteiger partial charge is 0.416 e. The third kappa shape index (κ3) is 5.13. The molecule has 0 aromatic heterocycles. The molecule has 1 atom stereocenters. The SMILES string of the molecule is CCC(CC)CNCC(O)c1cccc(C(F)(F)F)c1. The van der Waals surface area contributed by atoms with Gasteiger partial charge in [0.1, 0.15) is 0 Å². The second-order valence-electron chi connectivity index (χ2n) is 4.98. The Balaban J connectivity index is 2.57. The Labute approximate surface area is 118 Å². The Bertz CT molecular complexity index is 402. The number of aliphatic hydroxyl groups is 1. The van der Waals surface area contributed by atoms with E-state index in [0.29, 0.717) is 5.92 Å². The highest BCUT2D eigenvalue weighted by Crippen LogP contribution is 2.30. The molecule has 2 nitrogen and oxygen atoms in total. The van der Waals surface area contributed by atoms with Crippen molar-refractivity contribution in [3.63, 3.8) is 0 Å². The van der Waals surface area contributed by atoms with E-state index in [1.54, 1.807) is 0 Å². The Hall–Kier alpha value is -1.07. The number of hydrogen-bond acceptors (Lipinski definition) is 2. The Kier molecular flexibility index (Phi) is 6.49. The first-order valence-electron chi connectivity index (χ1n) is 6.94. The molecule has 0 heterocycles. The third-order valence-corrected chi connectivity index (χ3v) is 3.52. The first-order chi connectivity index (χ1) is 9.38. The summed E-state index contributed by atoms with van der Waals surface area (Å²) in [6.45, 7) is 5.22. The lowest BCUT2D eigenvalue weighted by Gasteiger charge is -2.17. The Morgan fingerprint density at radius 1 is 1.15 bits per heavy atom. The summed E-state index contributed by atoms with van der Waals surface area (Å²) in [5.74, 6) is 0.531. The van der Waals surface area contributed by atoms with Gasteiger partial charge in [0.25, 0.3) is 0 Å². The van der Waals surface area contributed by atoms with Gasteiger partial charge in [-0.25, -0.2) is 0 Å². The van der Waals surface area contributed by atoms with E-state index < -0.39 is 17.8 Å². The van der Waals surface area contributed by atoms with Gasteiger partial charge in [-0.3, -0.25) is 0 Å². The van der Waals surface area contributed by atoms with Crippen molar-refractivity contribution in [1.82, 2.24) is 5.32 Å². The highest BCUT2D eigenvalue weighted by Gasteiger charge is 2.30. The molecule has 1 aromatic carbocycles. The smallest absolute Gasteiger partial charge is 0.387 e. The van der Waals surface area contributed by atoms with Gasteiger partial charge in [0.2, 0.25) is 0 Å². The number of halogens is 3. The van der Waals surface area contributed by atoms with Gasteiger partial charge in [0.05, 0.1) is 11.7 Å². The maximum Gasteiger partial charge on any atom is 0.416 e. The zero-order chi connectivity index (χ0) is 15.2.